The van der Waals surface area contributed by atoms with Crippen molar-refractivity contribution in [3.63, 3.8) is 0 Å². The van der Waals surface area contributed by atoms with Crippen LogP contribution in [0.2, 0.25) is 0 Å². The number of hydrogen-bond acceptors (Lipinski definition) is 8. The molecule has 0 radical (unpaired) electrons. The van der Waals surface area contributed by atoms with Crippen molar-refractivity contribution < 1.29 is 34.1 Å². The number of ether oxygens (including phenoxy) is 2. The number of thioether (sulfide) groups is 1. The molecule has 0 bridgehead atoms. The number of pyridine rings is 1. The number of carboxylic acid groups (broad SMARTS) is 1. The minimum atomic E-state index is -1.04. The first kappa shape index (κ1) is 33.8. The molecule has 2 heterocycles. The van der Waals surface area contributed by atoms with E-state index in [2.05, 4.69) is 15.6 Å². The Balaban J connectivity index is 1.23. The summed E-state index contributed by atoms with van der Waals surface area (Å²) in [4.78, 5) is 40.8. The lowest BCUT2D eigenvalue weighted by molar-refractivity contribution is -0.245. The second kappa shape index (κ2) is 16.3. The molecule has 1 unspecified atom stereocenters. The van der Waals surface area contributed by atoms with Gasteiger partial charge in [-0.3, -0.25) is 4.79 Å². The molecule has 244 valence electrons. The highest BCUT2D eigenvalue weighted by Gasteiger charge is 2.32. The number of ketones is 1. The lowest BCUT2D eigenvalue weighted by Gasteiger charge is -2.36. The number of aromatic carboxylic acids is 1. The van der Waals surface area contributed by atoms with E-state index in [0.717, 1.165) is 27.8 Å². The summed E-state index contributed by atoms with van der Waals surface area (Å²) < 4.78 is 12.8. The zero-order valence-electron chi connectivity index (χ0n) is 25.9. The van der Waals surface area contributed by atoms with Gasteiger partial charge in [0.05, 0.1) is 30.4 Å². The number of benzene rings is 3. The van der Waals surface area contributed by atoms with Gasteiger partial charge in [-0.1, -0.05) is 78.9 Å². The molecule has 2 amide bonds. The van der Waals surface area contributed by atoms with Crippen LogP contribution >= 0.6 is 11.8 Å². The van der Waals surface area contributed by atoms with Gasteiger partial charge in [0.1, 0.15) is 5.03 Å². The summed E-state index contributed by atoms with van der Waals surface area (Å²) in [7, 11) is 0. The fourth-order valence-electron chi connectivity index (χ4n) is 5.19. The third kappa shape index (κ3) is 9.49. The number of amides is 2. The normalized spacial score (nSPS) is 18.2. The van der Waals surface area contributed by atoms with Gasteiger partial charge in [-0.2, -0.15) is 0 Å². The molecule has 47 heavy (non-hydrogen) atoms. The van der Waals surface area contributed by atoms with Crippen molar-refractivity contribution in [1.82, 2.24) is 15.6 Å². The van der Waals surface area contributed by atoms with E-state index >= 15 is 0 Å². The van der Waals surface area contributed by atoms with Crippen LogP contribution < -0.4 is 10.6 Å². The van der Waals surface area contributed by atoms with Crippen LogP contribution in [0.15, 0.2) is 102 Å². The first-order chi connectivity index (χ1) is 22.8. The van der Waals surface area contributed by atoms with Crippen molar-refractivity contribution in [1.29, 1.82) is 0 Å². The Labute approximate surface area is 277 Å². The van der Waals surface area contributed by atoms with Crippen molar-refractivity contribution >= 4 is 29.5 Å². The zero-order chi connectivity index (χ0) is 33.2. The van der Waals surface area contributed by atoms with Crippen molar-refractivity contribution in [3.05, 3.63) is 131 Å². The highest BCUT2D eigenvalue weighted by Crippen LogP contribution is 2.39. The van der Waals surface area contributed by atoms with Crippen LogP contribution in [-0.4, -0.2) is 50.9 Å². The molecule has 0 aliphatic carbocycles. The molecular weight excluding hydrogens is 618 g/mol. The van der Waals surface area contributed by atoms with Gasteiger partial charge in [0.25, 0.3) is 0 Å². The van der Waals surface area contributed by atoms with Crippen LogP contribution in [0.4, 0.5) is 4.79 Å². The number of carbonyl (C=O) groups is 3. The third-order valence-corrected chi connectivity index (χ3v) is 8.94. The first-order valence-electron chi connectivity index (χ1n) is 15.3. The number of urea groups is 1. The highest BCUT2D eigenvalue weighted by molar-refractivity contribution is 7.99. The Kier molecular flexibility index (Phi) is 11.7. The molecule has 10 nitrogen and oxygen atoms in total. The first-order valence-corrected chi connectivity index (χ1v) is 16.3. The molecule has 11 heteroatoms. The minimum Gasteiger partial charge on any atom is -0.478 e. The highest BCUT2D eigenvalue weighted by atomic mass is 32.2. The van der Waals surface area contributed by atoms with E-state index in [-0.39, 0.29) is 36.7 Å². The maximum absolute atomic E-state index is 12.6. The number of carbonyl (C=O) groups excluding carboxylic acids is 2. The Morgan fingerprint density at radius 2 is 1.60 bits per heavy atom. The molecule has 4 aromatic rings. The number of aromatic nitrogens is 1. The van der Waals surface area contributed by atoms with E-state index in [1.54, 1.807) is 12.3 Å². The van der Waals surface area contributed by atoms with E-state index in [0.29, 0.717) is 23.6 Å². The van der Waals surface area contributed by atoms with Crippen LogP contribution in [0.25, 0.3) is 0 Å². The van der Waals surface area contributed by atoms with Gasteiger partial charge in [0, 0.05) is 30.5 Å². The molecule has 0 spiro atoms. The summed E-state index contributed by atoms with van der Waals surface area (Å²) >= 11 is 1.33. The van der Waals surface area contributed by atoms with Crippen LogP contribution in [0.3, 0.4) is 0 Å². The zero-order valence-corrected chi connectivity index (χ0v) is 26.7. The van der Waals surface area contributed by atoms with Crippen LogP contribution in [0.5, 0.6) is 0 Å². The quantitative estimate of drug-likeness (QED) is 0.135. The monoisotopic (exact) mass is 655 g/mol. The summed E-state index contributed by atoms with van der Waals surface area (Å²) in [6.45, 7) is 1.66. The molecule has 4 atom stereocenters. The van der Waals surface area contributed by atoms with Crippen molar-refractivity contribution in [3.8, 4) is 0 Å². The van der Waals surface area contributed by atoms with E-state index in [1.807, 2.05) is 78.9 Å². The molecule has 1 aromatic heterocycles. The maximum atomic E-state index is 12.6. The number of hydrogen-bond donors (Lipinski definition) is 4. The lowest BCUT2D eigenvalue weighted by Crippen LogP contribution is -2.46. The predicted molar refractivity (Wildman–Crippen MR) is 177 cm³/mol. The second-order valence-corrected chi connectivity index (χ2v) is 12.3. The van der Waals surface area contributed by atoms with Gasteiger partial charge in [0.2, 0.25) is 0 Å². The van der Waals surface area contributed by atoms with Crippen molar-refractivity contribution in [2.45, 2.75) is 62.5 Å². The van der Waals surface area contributed by atoms with Crippen molar-refractivity contribution in [2.24, 2.45) is 0 Å². The molecule has 5 rings (SSSR count). The van der Waals surface area contributed by atoms with Crippen LogP contribution in [0, 0.1) is 0 Å². The number of carboxylic acids is 1. The van der Waals surface area contributed by atoms with Gasteiger partial charge in [0.15, 0.2) is 12.1 Å². The van der Waals surface area contributed by atoms with Gasteiger partial charge < -0.3 is 30.3 Å². The van der Waals surface area contributed by atoms with E-state index in [1.165, 1.54) is 24.8 Å². The van der Waals surface area contributed by atoms with Gasteiger partial charge >= 0.3 is 12.0 Å². The van der Waals surface area contributed by atoms with Gasteiger partial charge in [-0.25, -0.2) is 14.6 Å². The average molecular weight is 656 g/mol. The van der Waals surface area contributed by atoms with E-state index in [4.69, 9.17) is 9.47 Å². The van der Waals surface area contributed by atoms with Crippen LogP contribution in [-0.2, 0) is 33.8 Å². The predicted octanol–water partition coefficient (Wildman–Crippen LogP) is 5.61. The Bertz CT molecular complexity index is 1650. The molecule has 1 saturated heterocycles. The van der Waals surface area contributed by atoms with Gasteiger partial charge in [-0.15, -0.1) is 11.8 Å². The molecule has 0 saturated carbocycles. The Morgan fingerprint density at radius 1 is 0.894 bits per heavy atom. The largest absolute Gasteiger partial charge is 0.478 e. The minimum absolute atomic E-state index is 0.0549. The number of rotatable bonds is 13. The Hall–Kier alpha value is -4.55. The summed E-state index contributed by atoms with van der Waals surface area (Å²) in [6, 6.07) is 26.7. The van der Waals surface area contributed by atoms with E-state index in [9.17, 15) is 24.6 Å². The number of nitrogens with zero attached hydrogens (tertiary/aromatic N) is 1. The smallest absolute Gasteiger partial charge is 0.338 e. The standard InChI is InChI=1S/C36H37N3O7S/c1-23(41)31(18-24-6-3-2-4-7-24)39-36(44)38-20-25-9-15-28(16-10-25)35-45-29(22-47-33-30(34(42)43)8-5-17-37-33)19-32(46-35)27-13-11-26(21-40)12-14-27/h2-17,29,31-32,35,40H,18-22H2,1H3,(H,42,43)(H2,38,39,44)/t29-,31+,32+,35?/m0/s1. The SMILES string of the molecule is CC(=O)[C@@H](Cc1ccccc1)NC(=O)NCc1ccc(C2O[C@H](CSc3ncccc3C(=O)O)C[C@H](c3ccc(CO)cc3)O2)cc1. The molecule has 1 fully saturated rings. The number of aliphatic hydroxyl groups is 1. The summed E-state index contributed by atoms with van der Waals surface area (Å²) in [5.41, 5.74) is 4.48. The average Bonchev–Trinajstić information content (AvgIpc) is 3.10. The second-order valence-electron chi connectivity index (χ2n) is 11.2. The van der Waals surface area contributed by atoms with Gasteiger partial charge in [-0.05, 0) is 47.7 Å². The molecular formula is C36H37N3O7S. The topological polar surface area (TPSA) is 147 Å². The summed E-state index contributed by atoms with van der Waals surface area (Å²) in [5.74, 6) is -0.695. The molecule has 3 aromatic carbocycles. The lowest BCUT2D eigenvalue weighted by atomic mass is 10.0. The fourth-order valence-corrected chi connectivity index (χ4v) is 6.20. The third-order valence-electron chi connectivity index (χ3n) is 7.81. The number of Topliss-reactive ketones (excluding diaryl/α,β-unsaturated/α-hetero) is 1. The molecule has 4 N–H and O–H groups in total. The van der Waals surface area contributed by atoms with Crippen LogP contribution in [0.1, 0.15) is 63.9 Å². The molecule has 1 aliphatic rings. The summed E-state index contributed by atoms with van der Waals surface area (Å²) in [6.07, 6.45) is 1.25. The fraction of sp³-hybridized carbons (Fsp3) is 0.278. The number of nitrogens with one attached hydrogen (secondary N) is 2. The maximum Gasteiger partial charge on any atom is 0.338 e. The molecule has 1 aliphatic heterocycles. The van der Waals surface area contributed by atoms with Crippen molar-refractivity contribution in [2.75, 3.05) is 5.75 Å². The Morgan fingerprint density at radius 3 is 2.28 bits per heavy atom. The number of aliphatic hydroxyl groups excluding tert-OH is 1. The summed E-state index contributed by atoms with van der Waals surface area (Å²) in [5, 5.41) is 25.1. The van der Waals surface area contributed by atoms with E-state index < -0.39 is 24.3 Å².